The summed E-state index contributed by atoms with van der Waals surface area (Å²) in [4.78, 5) is 20.5. The van der Waals surface area contributed by atoms with Crippen LogP contribution in [0.2, 0.25) is 0 Å². The maximum atomic E-state index is 13.6. The van der Waals surface area contributed by atoms with Gasteiger partial charge in [0.05, 0.1) is 26.6 Å². The van der Waals surface area contributed by atoms with Crippen molar-refractivity contribution in [3.8, 4) is 11.5 Å². The van der Waals surface area contributed by atoms with Gasteiger partial charge in [0.25, 0.3) is 5.91 Å². The number of nitrogens with one attached hydrogen (secondary N) is 2. The Morgan fingerprint density at radius 2 is 1.82 bits per heavy atom. The summed E-state index contributed by atoms with van der Waals surface area (Å²) in [5.41, 5.74) is 1.26. The van der Waals surface area contributed by atoms with E-state index in [1.807, 2.05) is 0 Å². The maximum Gasteiger partial charge on any atom is 0.271 e. The van der Waals surface area contributed by atoms with E-state index in [-0.39, 0.29) is 18.1 Å². The number of aromatic nitrogens is 2. The van der Waals surface area contributed by atoms with E-state index in [1.54, 1.807) is 50.6 Å². The van der Waals surface area contributed by atoms with Crippen LogP contribution in [0.5, 0.6) is 11.5 Å². The van der Waals surface area contributed by atoms with E-state index in [0.29, 0.717) is 22.9 Å². The number of rotatable bonds is 7. The Bertz CT molecular complexity index is 964. The molecular formula is C20H19FN4O3. The second-order valence-electron chi connectivity index (χ2n) is 5.76. The number of benzene rings is 2. The van der Waals surface area contributed by atoms with Gasteiger partial charge in [0.1, 0.15) is 17.3 Å². The fraction of sp³-hybridized carbons (Fsp3) is 0.150. The molecule has 0 radical (unpaired) electrons. The molecule has 0 fully saturated rings. The summed E-state index contributed by atoms with van der Waals surface area (Å²) in [6.45, 7) is 0.0683. The first-order valence-corrected chi connectivity index (χ1v) is 8.43. The summed E-state index contributed by atoms with van der Waals surface area (Å²) in [5.74, 6) is 0.834. The van der Waals surface area contributed by atoms with E-state index >= 15 is 0 Å². The van der Waals surface area contributed by atoms with Gasteiger partial charge in [0, 0.05) is 23.9 Å². The number of methoxy groups -OCH3 is 2. The molecule has 2 aromatic carbocycles. The molecule has 2 N–H and O–H groups in total. The van der Waals surface area contributed by atoms with Crippen LogP contribution in [0.15, 0.2) is 54.9 Å². The first kappa shape index (κ1) is 19.1. The molecule has 1 amide bonds. The first-order chi connectivity index (χ1) is 13.6. The molecule has 8 heteroatoms. The SMILES string of the molecule is COc1ccc(Nc2cnc(C(=O)NCc3ccccc3F)cn2)cc1OC. The predicted octanol–water partition coefficient (Wildman–Crippen LogP) is 3.31. The van der Waals surface area contributed by atoms with Crippen LogP contribution >= 0.6 is 0 Å². The molecule has 1 heterocycles. The Balaban J connectivity index is 1.63. The molecule has 0 atom stereocenters. The van der Waals surface area contributed by atoms with Crippen molar-refractivity contribution in [2.75, 3.05) is 19.5 Å². The smallest absolute Gasteiger partial charge is 0.271 e. The summed E-state index contributed by atoms with van der Waals surface area (Å²) < 4.78 is 24.1. The van der Waals surface area contributed by atoms with Crippen molar-refractivity contribution < 1.29 is 18.7 Å². The lowest BCUT2D eigenvalue weighted by atomic mass is 10.2. The minimum atomic E-state index is -0.437. The van der Waals surface area contributed by atoms with Crippen LogP contribution in [0.25, 0.3) is 0 Å². The van der Waals surface area contributed by atoms with Gasteiger partial charge in [0.2, 0.25) is 0 Å². The Hall–Kier alpha value is -3.68. The fourth-order valence-electron chi connectivity index (χ4n) is 2.48. The molecule has 3 rings (SSSR count). The average Bonchev–Trinajstić information content (AvgIpc) is 2.73. The number of ether oxygens (including phenoxy) is 2. The first-order valence-electron chi connectivity index (χ1n) is 8.43. The molecule has 0 spiro atoms. The molecule has 0 saturated carbocycles. The topological polar surface area (TPSA) is 85.4 Å². The number of hydrogen-bond acceptors (Lipinski definition) is 6. The van der Waals surface area contributed by atoms with Gasteiger partial charge in [-0.2, -0.15) is 0 Å². The number of carbonyl (C=O) groups excluding carboxylic acids is 1. The van der Waals surface area contributed by atoms with Gasteiger partial charge in [0.15, 0.2) is 11.5 Å². The van der Waals surface area contributed by atoms with Crippen LogP contribution in [-0.4, -0.2) is 30.1 Å². The van der Waals surface area contributed by atoms with Crippen molar-refractivity contribution >= 4 is 17.4 Å². The van der Waals surface area contributed by atoms with Crippen molar-refractivity contribution in [3.63, 3.8) is 0 Å². The van der Waals surface area contributed by atoms with Crippen LogP contribution < -0.4 is 20.1 Å². The van der Waals surface area contributed by atoms with Crippen LogP contribution in [0.3, 0.4) is 0 Å². The van der Waals surface area contributed by atoms with Crippen molar-refractivity contribution in [1.29, 1.82) is 0 Å². The monoisotopic (exact) mass is 382 g/mol. The standard InChI is InChI=1S/C20H19FN4O3/c1-27-17-8-7-14(9-18(17)28-2)25-19-12-22-16(11-23-19)20(26)24-10-13-5-3-4-6-15(13)21/h3-9,11-12H,10H2,1-2H3,(H,23,25)(H,24,26). The number of anilines is 2. The van der Waals surface area contributed by atoms with Crippen LogP contribution in [-0.2, 0) is 6.54 Å². The highest BCUT2D eigenvalue weighted by molar-refractivity contribution is 5.92. The predicted molar refractivity (Wildman–Crippen MR) is 102 cm³/mol. The molecule has 144 valence electrons. The third-order valence-corrected chi connectivity index (χ3v) is 3.94. The summed E-state index contributed by atoms with van der Waals surface area (Å²) in [5, 5.41) is 5.69. The van der Waals surface area contributed by atoms with Gasteiger partial charge in [-0.1, -0.05) is 18.2 Å². The van der Waals surface area contributed by atoms with E-state index in [1.165, 1.54) is 18.5 Å². The molecule has 3 aromatic rings. The van der Waals surface area contributed by atoms with E-state index in [2.05, 4.69) is 20.6 Å². The third-order valence-electron chi connectivity index (χ3n) is 3.94. The molecule has 0 unspecified atom stereocenters. The number of amides is 1. The highest BCUT2D eigenvalue weighted by Crippen LogP contribution is 2.30. The Morgan fingerprint density at radius 1 is 1.04 bits per heavy atom. The number of nitrogens with zero attached hydrogens (tertiary/aromatic N) is 2. The molecule has 0 saturated heterocycles. The Kier molecular flexibility index (Phi) is 6.01. The lowest BCUT2D eigenvalue weighted by molar-refractivity contribution is 0.0945. The molecule has 7 nitrogen and oxygen atoms in total. The van der Waals surface area contributed by atoms with E-state index in [9.17, 15) is 9.18 Å². The zero-order valence-electron chi connectivity index (χ0n) is 15.4. The second-order valence-corrected chi connectivity index (χ2v) is 5.76. The second kappa shape index (κ2) is 8.81. The van der Waals surface area contributed by atoms with Crippen LogP contribution in [0, 0.1) is 5.82 Å². The van der Waals surface area contributed by atoms with Gasteiger partial charge in [-0.3, -0.25) is 4.79 Å². The van der Waals surface area contributed by atoms with E-state index in [4.69, 9.17) is 9.47 Å². The fourth-order valence-corrected chi connectivity index (χ4v) is 2.48. The lowest BCUT2D eigenvalue weighted by Gasteiger charge is -2.11. The summed E-state index contributed by atoms with van der Waals surface area (Å²) in [7, 11) is 3.11. The van der Waals surface area contributed by atoms with Crippen molar-refractivity contribution in [3.05, 3.63) is 71.9 Å². The molecule has 0 aliphatic carbocycles. The zero-order chi connectivity index (χ0) is 19.9. The quantitative estimate of drug-likeness (QED) is 0.652. The van der Waals surface area contributed by atoms with E-state index < -0.39 is 5.91 Å². The molecule has 0 aliphatic rings. The number of hydrogen-bond donors (Lipinski definition) is 2. The van der Waals surface area contributed by atoms with Crippen LogP contribution in [0.1, 0.15) is 16.1 Å². The minimum absolute atomic E-state index is 0.0683. The molecule has 28 heavy (non-hydrogen) atoms. The summed E-state index contributed by atoms with van der Waals surface area (Å²) in [6, 6.07) is 11.6. The van der Waals surface area contributed by atoms with Crippen molar-refractivity contribution in [1.82, 2.24) is 15.3 Å². The Labute approximate surface area is 161 Å². The molecular weight excluding hydrogens is 363 g/mol. The maximum absolute atomic E-state index is 13.6. The van der Waals surface area contributed by atoms with Crippen LogP contribution in [0.4, 0.5) is 15.9 Å². The van der Waals surface area contributed by atoms with Gasteiger partial charge in [-0.05, 0) is 18.2 Å². The number of halogens is 1. The van der Waals surface area contributed by atoms with Crippen molar-refractivity contribution in [2.45, 2.75) is 6.54 Å². The highest BCUT2D eigenvalue weighted by Gasteiger charge is 2.10. The number of carbonyl (C=O) groups is 1. The largest absolute Gasteiger partial charge is 0.493 e. The highest BCUT2D eigenvalue weighted by atomic mass is 19.1. The average molecular weight is 382 g/mol. The molecule has 0 aliphatic heterocycles. The lowest BCUT2D eigenvalue weighted by Crippen LogP contribution is -2.24. The molecule has 0 bridgehead atoms. The van der Waals surface area contributed by atoms with Gasteiger partial charge >= 0.3 is 0 Å². The van der Waals surface area contributed by atoms with Gasteiger partial charge in [-0.15, -0.1) is 0 Å². The third kappa shape index (κ3) is 4.53. The minimum Gasteiger partial charge on any atom is -0.493 e. The summed E-state index contributed by atoms with van der Waals surface area (Å²) in [6.07, 6.45) is 2.79. The molecule has 1 aromatic heterocycles. The van der Waals surface area contributed by atoms with Crippen molar-refractivity contribution in [2.24, 2.45) is 0 Å². The normalized spacial score (nSPS) is 10.2. The van der Waals surface area contributed by atoms with E-state index in [0.717, 1.165) is 5.69 Å². The summed E-state index contributed by atoms with van der Waals surface area (Å²) >= 11 is 0. The van der Waals surface area contributed by atoms with Gasteiger partial charge < -0.3 is 20.1 Å². The van der Waals surface area contributed by atoms with Gasteiger partial charge in [-0.25, -0.2) is 14.4 Å². The Morgan fingerprint density at radius 3 is 2.50 bits per heavy atom. The zero-order valence-corrected chi connectivity index (χ0v) is 15.4.